The smallest absolute Gasteiger partial charge is 0.161 e. The van der Waals surface area contributed by atoms with Crippen LogP contribution in [0.3, 0.4) is 0 Å². The first kappa shape index (κ1) is 5.93. The Morgan fingerprint density at radius 2 is 2.33 bits per heavy atom. The molecule has 3 N–H and O–H groups in total. The fourth-order valence-corrected chi connectivity index (χ4v) is 1.57. The average Bonchev–Trinajstić information content (AvgIpc) is 2.71. The molecule has 3 rings (SSSR count). The summed E-state index contributed by atoms with van der Waals surface area (Å²) >= 11 is 0. The lowest BCUT2D eigenvalue weighted by atomic mass is 10.4. The standard InChI is InChI=1S/C7H9N5/c1-2-12-4-11-6-5(7(12)8-1)9-3-10-6/h1-2,9-11H,3-4H2. The number of rotatable bonds is 0. The van der Waals surface area contributed by atoms with E-state index in [1.807, 2.05) is 12.4 Å². The summed E-state index contributed by atoms with van der Waals surface area (Å²) < 4.78 is 2.07. The van der Waals surface area contributed by atoms with Gasteiger partial charge in [-0.15, -0.1) is 0 Å². The molecule has 0 saturated carbocycles. The van der Waals surface area contributed by atoms with Crippen LogP contribution < -0.4 is 16.0 Å². The summed E-state index contributed by atoms with van der Waals surface area (Å²) in [5.74, 6) is 2.07. The normalized spacial score (nSPS) is 19.0. The molecular formula is C7H9N5. The maximum atomic E-state index is 4.26. The number of nitrogens with one attached hydrogen (secondary N) is 3. The van der Waals surface area contributed by atoms with Gasteiger partial charge in [-0.3, -0.25) is 0 Å². The third kappa shape index (κ3) is 0.603. The fraction of sp³-hybridized carbons (Fsp3) is 0.286. The van der Waals surface area contributed by atoms with Crippen LogP contribution in [0.2, 0.25) is 0 Å². The van der Waals surface area contributed by atoms with Crippen LogP contribution in [0, 0.1) is 0 Å². The van der Waals surface area contributed by atoms with Crippen LogP contribution in [0.1, 0.15) is 5.82 Å². The highest BCUT2D eigenvalue weighted by atomic mass is 15.3. The maximum absolute atomic E-state index is 4.26. The van der Waals surface area contributed by atoms with E-state index < -0.39 is 0 Å². The quantitative estimate of drug-likeness (QED) is 0.469. The molecule has 0 aromatic carbocycles. The molecule has 0 unspecified atom stereocenters. The molecular weight excluding hydrogens is 154 g/mol. The molecule has 0 atom stereocenters. The number of fused-ring (bicyclic) bond motifs is 2. The monoisotopic (exact) mass is 163 g/mol. The molecule has 2 aliphatic rings. The first-order valence-electron chi connectivity index (χ1n) is 3.92. The summed E-state index contributed by atoms with van der Waals surface area (Å²) in [5, 5.41) is 9.67. The molecule has 2 aliphatic heterocycles. The summed E-state index contributed by atoms with van der Waals surface area (Å²) in [4.78, 5) is 4.26. The van der Waals surface area contributed by atoms with Gasteiger partial charge >= 0.3 is 0 Å². The molecule has 1 aromatic rings. The zero-order valence-electron chi connectivity index (χ0n) is 6.46. The van der Waals surface area contributed by atoms with E-state index in [9.17, 15) is 0 Å². The topological polar surface area (TPSA) is 53.9 Å². The van der Waals surface area contributed by atoms with E-state index in [-0.39, 0.29) is 0 Å². The minimum Gasteiger partial charge on any atom is -0.362 e. The summed E-state index contributed by atoms with van der Waals surface area (Å²) in [6.45, 7) is 1.58. The molecule has 0 bridgehead atoms. The van der Waals surface area contributed by atoms with Gasteiger partial charge in [0.2, 0.25) is 0 Å². The van der Waals surface area contributed by atoms with Crippen molar-refractivity contribution in [1.29, 1.82) is 0 Å². The van der Waals surface area contributed by atoms with E-state index >= 15 is 0 Å². The molecule has 0 radical (unpaired) electrons. The minimum absolute atomic E-state index is 0.782. The number of imidazole rings is 1. The molecule has 1 aromatic heterocycles. The van der Waals surface area contributed by atoms with Gasteiger partial charge in [-0.2, -0.15) is 0 Å². The first-order chi connectivity index (χ1) is 5.95. The van der Waals surface area contributed by atoms with Gasteiger partial charge in [-0.1, -0.05) is 0 Å². The Labute approximate surface area is 69.5 Å². The molecule has 3 heterocycles. The summed E-state index contributed by atoms with van der Waals surface area (Å²) in [7, 11) is 0. The molecule has 5 heteroatoms. The fourth-order valence-electron chi connectivity index (χ4n) is 1.57. The Kier molecular flexibility index (Phi) is 0.957. The lowest BCUT2D eigenvalue weighted by Gasteiger charge is -2.17. The van der Waals surface area contributed by atoms with E-state index in [4.69, 9.17) is 0 Å². The summed E-state index contributed by atoms with van der Waals surface area (Å²) in [6, 6.07) is 0. The van der Waals surface area contributed by atoms with Gasteiger partial charge in [0.05, 0.1) is 13.3 Å². The van der Waals surface area contributed by atoms with Crippen molar-refractivity contribution in [3.63, 3.8) is 0 Å². The number of aromatic nitrogens is 2. The maximum Gasteiger partial charge on any atom is 0.161 e. The van der Waals surface area contributed by atoms with Gasteiger partial charge in [0.1, 0.15) is 11.5 Å². The van der Waals surface area contributed by atoms with Crippen molar-refractivity contribution < 1.29 is 0 Å². The molecule has 0 saturated heterocycles. The van der Waals surface area contributed by atoms with Gasteiger partial charge < -0.3 is 20.5 Å². The highest BCUT2D eigenvalue weighted by molar-refractivity contribution is 5.64. The van der Waals surface area contributed by atoms with Crippen molar-refractivity contribution in [2.24, 2.45) is 0 Å². The number of nitrogens with zero attached hydrogens (tertiary/aromatic N) is 2. The Hall–Kier alpha value is -1.65. The van der Waals surface area contributed by atoms with Crippen molar-refractivity contribution in [3.05, 3.63) is 24.0 Å². The summed E-state index contributed by atoms with van der Waals surface area (Å²) in [5.41, 5.74) is 1.08. The van der Waals surface area contributed by atoms with Gasteiger partial charge in [-0.05, 0) is 0 Å². The van der Waals surface area contributed by atoms with Crippen LogP contribution in [0.15, 0.2) is 18.2 Å². The van der Waals surface area contributed by atoms with Crippen LogP contribution in [-0.4, -0.2) is 16.2 Å². The van der Waals surface area contributed by atoms with Crippen molar-refractivity contribution >= 4 is 5.70 Å². The molecule has 0 amide bonds. The molecule has 0 fully saturated rings. The van der Waals surface area contributed by atoms with Crippen molar-refractivity contribution in [2.75, 3.05) is 6.67 Å². The average molecular weight is 163 g/mol. The Bertz CT molecular complexity index is 350. The van der Waals surface area contributed by atoms with Crippen molar-refractivity contribution in [1.82, 2.24) is 25.5 Å². The largest absolute Gasteiger partial charge is 0.362 e. The van der Waals surface area contributed by atoms with Crippen LogP contribution in [0.5, 0.6) is 0 Å². The Balaban J connectivity index is 2.18. The third-order valence-corrected chi connectivity index (χ3v) is 2.15. The SMILES string of the molecule is c1cn2c(n1)C1=C(NCN1)NC2. The van der Waals surface area contributed by atoms with Crippen LogP contribution >= 0.6 is 0 Å². The lowest BCUT2D eigenvalue weighted by Crippen LogP contribution is -2.29. The van der Waals surface area contributed by atoms with E-state index in [1.54, 1.807) is 0 Å². The number of hydrogen-bond acceptors (Lipinski definition) is 4. The van der Waals surface area contributed by atoms with Crippen LogP contribution in [0.25, 0.3) is 5.70 Å². The molecule has 0 spiro atoms. The first-order valence-corrected chi connectivity index (χ1v) is 3.92. The molecule has 5 nitrogen and oxygen atoms in total. The van der Waals surface area contributed by atoms with Gasteiger partial charge in [0.15, 0.2) is 5.82 Å². The van der Waals surface area contributed by atoms with E-state index in [0.29, 0.717) is 0 Å². The Morgan fingerprint density at radius 3 is 3.33 bits per heavy atom. The highest BCUT2D eigenvalue weighted by Crippen LogP contribution is 2.17. The lowest BCUT2D eigenvalue weighted by molar-refractivity contribution is 0.575. The second-order valence-electron chi connectivity index (χ2n) is 2.84. The van der Waals surface area contributed by atoms with E-state index in [1.165, 1.54) is 0 Å². The van der Waals surface area contributed by atoms with Gasteiger partial charge in [0.25, 0.3) is 0 Å². The van der Waals surface area contributed by atoms with Crippen LogP contribution in [0.4, 0.5) is 0 Å². The molecule has 0 aliphatic carbocycles. The highest BCUT2D eigenvalue weighted by Gasteiger charge is 2.22. The van der Waals surface area contributed by atoms with E-state index in [0.717, 1.165) is 30.7 Å². The second kappa shape index (κ2) is 1.94. The predicted molar refractivity (Wildman–Crippen MR) is 43.4 cm³/mol. The van der Waals surface area contributed by atoms with Crippen molar-refractivity contribution in [3.8, 4) is 0 Å². The van der Waals surface area contributed by atoms with Gasteiger partial charge in [0, 0.05) is 12.4 Å². The number of hydrogen-bond donors (Lipinski definition) is 3. The Morgan fingerprint density at radius 1 is 1.33 bits per heavy atom. The van der Waals surface area contributed by atoms with Crippen LogP contribution in [-0.2, 0) is 6.67 Å². The van der Waals surface area contributed by atoms with E-state index in [2.05, 4.69) is 25.5 Å². The minimum atomic E-state index is 0.782. The zero-order chi connectivity index (χ0) is 7.97. The second-order valence-corrected chi connectivity index (χ2v) is 2.84. The molecule has 62 valence electrons. The predicted octanol–water partition coefficient (Wildman–Crippen LogP) is -0.780. The van der Waals surface area contributed by atoms with Crippen molar-refractivity contribution in [2.45, 2.75) is 6.67 Å². The zero-order valence-corrected chi connectivity index (χ0v) is 6.46. The molecule has 12 heavy (non-hydrogen) atoms. The van der Waals surface area contributed by atoms with Gasteiger partial charge in [-0.25, -0.2) is 4.98 Å². The summed E-state index contributed by atoms with van der Waals surface area (Å²) in [6.07, 6.45) is 3.78. The third-order valence-electron chi connectivity index (χ3n) is 2.15.